The van der Waals surface area contributed by atoms with Crippen LogP contribution in [0, 0.1) is 0 Å². The molecule has 0 aliphatic rings. The van der Waals surface area contributed by atoms with Crippen molar-refractivity contribution in [3.63, 3.8) is 0 Å². The molecule has 1 aromatic heterocycles. The maximum Gasteiger partial charge on any atom is 0.0695 e. The summed E-state index contributed by atoms with van der Waals surface area (Å²) < 4.78 is 0. The lowest BCUT2D eigenvalue weighted by Crippen LogP contribution is -2.27. The first-order valence-electron chi connectivity index (χ1n) is 7.09. The predicted molar refractivity (Wildman–Crippen MR) is 78.0 cm³/mol. The summed E-state index contributed by atoms with van der Waals surface area (Å²) in [4.78, 5) is 2.31. The number of nitrogens with zero attached hydrogens (tertiary/aromatic N) is 2. The van der Waals surface area contributed by atoms with Crippen molar-refractivity contribution in [3.05, 3.63) is 30.0 Å². The minimum absolute atomic E-state index is 0.213. The van der Waals surface area contributed by atoms with Gasteiger partial charge in [0.05, 0.1) is 18.3 Å². The van der Waals surface area contributed by atoms with E-state index in [9.17, 15) is 5.11 Å². The van der Waals surface area contributed by atoms with Gasteiger partial charge in [-0.25, -0.2) is 0 Å². The molecular weight excluding hydrogens is 238 g/mol. The van der Waals surface area contributed by atoms with Crippen LogP contribution < -0.4 is 0 Å². The summed E-state index contributed by atoms with van der Waals surface area (Å²) in [7, 11) is 0. The number of H-pyrrole nitrogens is 1. The third-order valence-electron chi connectivity index (χ3n) is 3.45. The number of hydrogen-bond acceptors (Lipinski definition) is 3. The molecule has 2 aromatic rings. The molecule has 4 heteroatoms. The topological polar surface area (TPSA) is 52.1 Å². The first-order chi connectivity index (χ1) is 9.35. The highest BCUT2D eigenvalue weighted by Gasteiger charge is 2.08. The molecular formula is C15H23N3O. The molecule has 19 heavy (non-hydrogen) atoms. The van der Waals surface area contributed by atoms with Gasteiger partial charge in [0.15, 0.2) is 0 Å². The number of aliphatic hydroxyl groups excluding tert-OH is 1. The van der Waals surface area contributed by atoms with E-state index in [1.165, 1.54) is 24.8 Å². The number of rotatable bonds is 8. The number of nitrogens with one attached hydrogen (secondary N) is 1. The monoisotopic (exact) mass is 261 g/mol. The molecule has 0 bridgehead atoms. The van der Waals surface area contributed by atoms with E-state index < -0.39 is 0 Å². The van der Waals surface area contributed by atoms with Gasteiger partial charge in [-0.05, 0) is 18.5 Å². The summed E-state index contributed by atoms with van der Waals surface area (Å²) in [5.74, 6) is 0. The molecule has 0 fully saturated rings. The van der Waals surface area contributed by atoms with Gasteiger partial charge < -0.3 is 5.11 Å². The van der Waals surface area contributed by atoms with Gasteiger partial charge in [-0.1, -0.05) is 38.0 Å². The van der Waals surface area contributed by atoms with Gasteiger partial charge in [0.1, 0.15) is 0 Å². The minimum atomic E-state index is 0.213. The van der Waals surface area contributed by atoms with Crippen LogP contribution in [0.5, 0.6) is 0 Å². The Labute approximate surface area is 114 Å². The number of aromatic amines is 1. The first-order valence-corrected chi connectivity index (χ1v) is 7.09. The van der Waals surface area contributed by atoms with Crippen molar-refractivity contribution >= 4 is 10.9 Å². The van der Waals surface area contributed by atoms with E-state index in [4.69, 9.17) is 0 Å². The molecule has 2 N–H and O–H groups in total. The van der Waals surface area contributed by atoms with Crippen molar-refractivity contribution in [2.75, 3.05) is 19.7 Å². The lowest BCUT2D eigenvalue weighted by Gasteiger charge is -2.21. The number of aromatic nitrogens is 2. The van der Waals surface area contributed by atoms with Crippen molar-refractivity contribution in [2.45, 2.75) is 32.7 Å². The largest absolute Gasteiger partial charge is 0.395 e. The third kappa shape index (κ3) is 3.78. The number of aliphatic hydroxyl groups is 1. The van der Waals surface area contributed by atoms with Gasteiger partial charge in [0.2, 0.25) is 0 Å². The summed E-state index contributed by atoms with van der Waals surface area (Å²) in [6.45, 7) is 5.06. The smallest absolute Gasteiger partial charge is 0.0695 e. The van der Waals surface area contributed by atoms with Gasteiger partial charge in [-0.15, -0.1) is 0 Å². The molecule has 0 radical (unpaired) electrons. The maximum absolute atomic E-state index is 9.18. The van der Waals surface area contributed by atoms with Gasteiger partial charge in [0, 0.05) is 18.5 Å². The molecule has 0 saturated heterocycles. The van der Waals surface area contributed by atoms with E-state index in [0.29, 0.717) is 0 Å². The second kappa shape index (κ2) is 7.26. The summed E-state index contributed by atoms with van der Waals surface area (Å²) in [6.07, 6.45) is 5.51. The van der Waals surface area contributed by atoms with Crippen molar-refractivity contribution in [3.8, 4) is 0 Å². The quantitative estimate of drug-likeness (QED) is 0.718. The Kier molecular flexibility index (Phi) is 5.36. The Bertz CT molecular complexity index is 495. The summed E-state index contributed by atoms with van der Waals surface area (Å²) in [6, 6.07) is 6.26. The fourth-order valence-electron chi connectivity index (χ4n) is 2.40. The molecule has 1 aromatic carbocycles. The predicted octanol–water partition coefficient (Wildman–Crippen LogP) is 2.55. The van der Waals surface area contributed by atoms with Crippen LogP contribution in [0.3, 0.4) is 0 Å². The number of para-hydroxylation sites is 1. The summed E-state index contributed by atoms with van der Waals surface area (Å²) >= 11 is 0. The minimum Gasteiger partial charge on any atom is -0.395 e. The standard InChI is InChI=1S/C15H23N3O/c1-2-3-4-8-18(9-10-19)12-14-7-5-6-13-11-16-17-15(13)14/h5-7,11,19H,2-4,8-10,12H2,1H3,(H,16,17). The average Bonchev–Trinajstić information content (AvgIpc) is 2.88. The van der Waals surface area contributed by atoms with Crippen LogP contribution in [0.15, 0.2) is 24.4 Å². The SMILES string of the molecule is CCCCCN(CCO)Cc1cccc2cn[nH]c12. The van der Waals surface area contributed by atoms with E-state index >= 15 is 0 Å². The second-order valence-corrected chi connectivity index (χ2v) is 4.96. The first kappa shape index (κ1) is 14.0. The van der Waals surface area contributed by atoms with Gasteiger partial charge in [-0.3, -0.25) is 10.00 Å². The van der Waals surface area contributed by atoms with Crippen LogP contribution in [0.4, 0.5) is 0 Å². The number of unbranched alkanes of at least 4 members (excludes halogenated alkanes) is 2. The van der Waals surface area contributed by atoms with Crippen LogP contribution in [-0.4, -0.2) is 39.9 Å². The lowest BCUT2D eigenvalue weighted by atomic mass is 10.1. The highest BCUT2D eigenvalue weighted by molar-refractivity contribution is 5.81. The van der Waals surface area contributed by atoms with Crippen molar-refractivity contribution in [1.29, 1.82) is 0 Å². The Morgan fingerprint density at radius 2 is 2.16 bits per heavy atom. The van der Waals surface area contributed by atoms with E-state index in [1.54, 1.807) is 0 Å². The summed E-state index contributed by atoms with van der Waals surface area (Å²) in [5.41, 5.74) is 2.36. The molecule has 0 saturated carbocycles. The molecule has 4 nitrogen and oxygen atoms in total. The molecule has 0 aliphatic carbocycles. The molecule has 0 spiro atoms. The van der Waals surface area contributed by atoms with Crippen LogP contribution in [0.1, 0.15) is 31.7 Å². The molecule has 0 atom stereocenters. The molecule has 0 unspecified atom stereocenters. The zero-order chi connectivity index (χ0) is 13.5. The van der Waals surface area contributed by atoms with Gasteiger partial charge in [0.25, 0.3) is 0 Å². The second-order valence-electron chi connectivity index (χ2n) is 4.96. The van der Waals surface area contributed by atoms with Crippen LogP contribution in [0.2, 0.25) is 0 Å². The zero-order valence-electron chi connectivity index (χ0n) is 11.6. The summed E-state index contributed by atoms with van der Waals surface area (Å²) in [5, 5.41) is 17.5. The lowest BCUT2D eigenvalue weighted by molar-refractivity contribution is 0.188. The molecule has 0 aliphatic heterocycles. The van der Waals surface area contributed by atoms with Crippen LogP contribution >= 0.6 is 0 Å². The highest BCUT2D eigenvalue weighted by atomic mass is 16.3. The van der Waals surface area contributed by atoms with Crippen molar-refractivity contribution < 1.29 is 5.11 Å². The zero-order valence-corrected chi connectivity index (χ0v) is 11.6. The van der Waals surface area contributed by atoms with E-state index in [2.05, 4.69) is 40.2 Å². The Morgan fingerprint density at radius 1 is 1.26 bits per heavy atom. The van der Waals surface area contributed by atoms with E-state index in [1.807, 2.05) is 6.20 Å². The van der Waals surface area contributed by atoms with Crippen LogP contribution in [-0.2, 0) is 6.54 Å². The molecule has 104 valence electrons. The number of fused-ring (bicyclic) bond motifs is 1. The Hall–Kier alpha value is -1.39. The molecule has 0 amide bonds. The fourth-order valence-corrected chi connectivity index (χ4v) is 2.40. The Morgan fingerprint density at radius 3 is 2.95 bits per heavy atom. The normalized spacial score (nSPS) is 11.5. The van der Waals surface area contributed by atoms with Crippen LogP contribution in [0.25, 0.3) is 10.9 Å². The highest BCUT2D eigenvalue weighted by Crippen LogP contribution is 2.17. The number of benzene rings is 1. The number of hydrogen-bond donors (Lipinski definition) is 2. The van der Waals surface area contributed by atoms with E-state index in [0.717, 1.165) is 30.5 Å². The van der Waals surface area contributed by atoms with Gasteiger partial charge in [-0.2, -0.15) is 5.10 Å². The fraction of sp³-hybridized carbons (Fsp3) is 0.533. The average molecular weight is 261 g/mol. The van der Waals surface area contributed by atoms with Crippen molar-refractivity contribution in [2.24, 2.45) is 0 Å². The Balaban J connectivity index is 2.05. The van der Waals surface area contributed by atoms with Gasteiger partial charge >= 0.3 is 0 Å². The molecule has 1 heterocycles. The van der Waals surface area contributed by atoms with Crippen molar-refractivity contribution in [1.82, 2.24) is 15.1 Å². The maximum atomic E-state index is 9.18. The van der Waals surface area contributed by atoms with E-state index in [-0.39, 0.29) is 6.61 Å². The third-order valence-corrected chi connectivity index (χ3v) is 3.45. The molecule has 2 rings (SSSR count).